The average Bonchev–Trinajstić information content (AvgIpc) is 2.82. The summed E-state index contributed by atoms with van der Waals surface area (Å²) in [5.74, 6) is 0.604. The summed E-state index contributed by atoms with van der Waals surface area (Å²) in [6.45, 7) is 2.17. The number of aromatic nitrogens is 2. The minimum absolute atomic E-state index is 0.471. The first-order valence-electron chi connectivity index (χ1n) is 6.64. The van der Waals surface area contributed by atoms with E-state index in [0.29, 0.717) is 22.4 Å². The molecule has 5 heteroatoms. The van der Waals surface area contributed by atoms with Gasteiger partial charge >= 0.3 is 0 Å². The Morgan fingerprint density at radius 1 is 1.10 bits per heavy atom. The molecule has 108 valence electrons. The molecule has 0 aliphatic heterocycles. The van der Waals surface area contributed by atoms with Crippen molar-refractivity contribution in [1.82, 2.24) is 9.55 Å². The van der Waals surface area contributed by atoms with Gasteiger partial charge in [0.1, 0.15) is 11.9 Å². The molecule has 2 aromatic carbocycles. The van der Waals surface area contributed by atoms with Gasteiger partial charge in [0.05, 0.1) is 17.6 Å². The monoisotopic (exact) mass is 320 g/mol. The summed E-state index contributed by atoms with van der Waals surface area (Å²) in [5, 5.41) is 11.2. The summed E-state index contributed by atoms with van der Waals surface area (Å²) < 4.78 is 1.95. The van der Waals surface area contributed by atoms with Crippen molar-refractivity contribution in [1.29, 1.82) is 0 Å². The van der Waals surface area contributed by atoms with Crippen LogP contribution in [-0.4, -0.2) is 14.7 Å². The van der Waals surface area contributed by atoms with Crippen molar-refractivity contribution in [3.63, 3.8) is 0 Å². The third-order valence-electron chi connectivity index (χ3n) is 3.44. The van der Waals surface area contributed by atoms with Crippen molar-refractivity contribution >= 4 is 34.2 Å². The minimum Gasteiger partial charge on any atom is -0.385 e. The lowest BCUT2D eigenvalue weighted by Gasteiger charge is -2.13. The topological polar surface area (TPSA) is 38.1 Å². The van der Waals surface area contributed by atoms with Crippen LogP contribution in [-0.2, 0) is 6.54 Å². The van der Waals surface area contributed by atoms with Crippen molar-refractivity contribution < 1.29 is 5.11 Å². The van der Waals surface area contributed by atoms with E-state index in [0.717, 1.165) is 16.6 Å². The van der Waals surface area contributed by atoms with E-state index in [1.54, 1.807) is 6.92 Å². The van der Waals surface area contributed by atoms with Gasteiger partial charge < -0.3 is 9.67 Å². The molecule has 21 heavy (non-hydrogen) atoms. The second-order valence-corrected chi connectivity index (χ2v) is 5.74. The van der Waals surface area contributed by atoms with E-state index in [9.17, 15) is 5.11 Å². The van der Waals surface area contributed by atoms with E-state index >= 15 is 0 Å². The first-order valence-corrected chi connectivity index (χ1v) is 7.39. The van der Waals surface area contributed by atoms with Gasteiger partial charge in [-0.1, -0.05) is 41.4 Å². The van der Waals surface area contributed by atoms with Crippen molar-refractivity contribution in [3.8, 4) is 0 Å². The van der Waals surface area contributed by atoms with Crippen molar-refractivity contribution in [2.24, 2.45) is 0 Å². The Bertz CT molecular complexity index is 776. The zero-order valence-corrected chi connectivity index (χ0v) is 12.9. The van der Waals surface area contributed by atoms with Gasteiger partial charge in [-0.3, -0.25) is 0 Å². The van der Waals surface area contributed by atoms with E-state index in [-0.39, 0.29) is 0 Å². The summed E-state index contributed by atoms with van der Waals surface area (Å²) in [4.78, 5) is 4.49. The van der Waals surface area contributed by atoms with Crippen LogP contribution in [0.1, 0.15) is 24.4 Å². The van der Waals surface area contributed by atoms with Crippen LogP contribution in [0, 0.1) is 0 Å². The molecule has 0 saturated heterocycles. The third-order valence-corrected chi connectivity index (χ3v) is 4.14. The molecule has 0 aliphatic carbocycles. The standard InChI is InChI=1S/C16H14Cl2N2O/c1-10(21)16-19-14-7-2-3-8-15(14)20(16)9-11-12(17)5-4-6-13(11)18/h2-8,10,21H,9H2,1H3. The fourth-order valence-corrected chi connectivity index (χ4v) is 2.94. The number of nitrogens with zero attached hydrogens (tertiary/aromatic N) is 2. The van der Waals surface area contributed by atoms with Gasteiger partial charge in [0.25, 0.3) is 0 Å². The second-order valence-electron chi connectivity index (χ2n) is 4.92. The lowest BCUT2D eigenvalue weighted by molar-refractivity contribution is 0.185. The second kappa shape index (κ2) is 5.68. The molecule has 0 amide bonds. The number of aliphatic hydroxyl groups is 1. The Labute approximate surface area is 132 Å². The molecule has 0 spiro atoms. The largest absolute Gasteiger partial charge is 0.385 e. The normalized spacial score (nSPS) is 12.8. The molecule has 1 atom stereocenters. The molecular weight excluding hydrogens is 307 g/mol. The third kappa shape index (κ3) is 2.64. The van der Waals surface area contributed by atoms with E-state index in [1.807, 2.05) is 47.0 Å². The predicted octanol–water partition coefficient (Wildman–Crippen LogP) is 4.44. The fourth-order valence-electron chi connectivity index (χ4n) is 2.42. The Morgan fingerprint density at radius 3 is 2.43 bits per heavy atom. The summed E-state index contributed by atoms with van der Waals surface area (Å²) in [7, 11) is 0. The lowest BCUT2D eigenvalue weighted by atomic mass is 10.2. The number of hydrogen-bond acceptors (Lipinski definition) is 2. The maximum absolute atomic E-state index is 9.97. The van der Waals surface area contributed by atoms with Crippen LogP contribution in [0.15, 0.2) is 42.5 Å². The number of imidazole rings is 1. The van der Waals surface area contributed by atoms with Gasteiger partial charge in [0.15, 0.2) is 0 Å². The highest BCUT2D eigenvalue weighted by Gasteiger charge is 2.16. The molecule has 1 aromatic heterocycles. The number of fused-ring (bicyclic) bond motifs is 1. The first kappa shape index (κ1) is 14.4. The highest BCUT2D eigenvalue weighted by atomic mass is 35.5. The molecule has 3 nitrogen and oxygen atoms in total. The molecule has 3 rings (SSSR count). The molecular formula is C16H14Cl2N2O. The minimum atomic E-state index is -0.668. The van der Waals surface area contributed by atoms with E-state index in [4.69, 9.17) is 23.2 Å². The van der Waals surface area contributed by atoms with Crippen molar-refractivity contribution in [2.45, 2.75) is 19.6 Å². The number of rotatable bonds is 3. The molecule has 1 N–H and O–H groups in total. The number of para-hydroxylation sites is 2. The summed E-state index contributed by atoms with van der Waals surface area (Å²) in [6, 6.07) is 13.2. The van der Waals surface area contributed by atoms with Crippen LogP contribution < -0.4 is 0 Å². The van der Waals surface area contributed by atoms with Gasteiger partial charge in [-0.15, -0.1) is 0 Å². The summed E-state index contributed by atoms with van der Waals surface area (Å²) >= 11 is 12.5. The highest BCUT2D eigenvalue weighted by Crippen LogP contribution is 2.28. The van der Waals surface area contributed by atoms with Crippen molar-refractivity contribution in [3.05, 3.63) is 63.9 Å². The fraction of sp³-hybridized carbons (Fsp3) is 0.188. The molecule has 0 fully saturated rings. The van der Waals surface area contributed by atoms with Gasteiger partial charge in [-0.2, -0.15) is 0 Å². The van der Waals surface area contributed by atoms with Crippen LogP contribution in [0.5, 0.6) is 0 Å². The zero-order valence-electron chi connectivity index (χ0n) is 11.4. The summed E-state index contributed by atoms with van der Waals surface area (Å²) in [6.07, 6.45) is -0.668. The molecule has 0 saturated carbocycles. The number of aliphatic hydroxyl groups excluding tert-OH is 1. The number of halogens is 2. The van der Waals surface area contributed by atoms with Crippen LogP contribution in [0.25, 0.3) is 11.0 Å². The van der Waals surface area contributed by atoms with Crippen molar-refractivity contribution in [2.75, 3.05) is 0 Å². The predicted molar refractivity (Wildman–Crippen MR) is 85.9 cm³/mol. The molecule has 0 aliphatic rings. The Morgan fingerprint density at radius 2 is 1.76 bits per heavy atom. The zero-order chi connectivity index (χ0) is 15.0. The molecule has 1 heterocycles. The molecule has 0 bridgehead atoms. The average molecular weight is 321 g/mol. The van der Waals surface area contributed by atoms with E-state index < -0.39 is 6.10 Å². The van der Waals surface area contributed by atoms with Crippen LogP contribution in [0.2, 0.25) is 10.0 Å². The SMILES string of the molecule is CC(O)c1nc2ccccc2n1Cc1c(Cl)cccc1Cl. The number of hydrogen-bond donors (Lipinski definition) is 1. The van der Waals surface area contributed by atoms with E-state index in [2.05, 4.69) is 4.98 Å². The highest BCUT2D eigenvalue weighted by molar-refractivity contribution is 6.36. The molecule has 0 radical (unpaired) electrons. The van der Waals surface area contributed by atoms with Gasteiger partial charge in [-0.05, 0) is 31.2 Å². The Kier molecular flexibility index (Phi) is 3.89. The molecule has 3 aromatic rings. The van der Waals surface area contributed by atoms with Crippen LogP contribution >= 0.6 is 23.2 Å². The lowest BCUT2D eigenvalue weighted by Crippen LogP contribution is -2.08. The van der Waals surface area contributed by atoms with Crippen LogP contribution in [0.4, 0.5) is 0 Å². The van der Waals surface area contributed by atoms with Crippen LogP contribution in [0.3, 0.4) is 0 Å². The smallest absolute Gasteiger partial charge is 0.138 e. The number of benzene rings is 2. The maximum atomic E-state index is 9.97. The maximum Gasteiger partial charge on any atom is 0.138 e. The van der Waals surface area contributed by atoms with E-state index in [1.165, 1.54) is 0 Å². The first-order chi connectivity index (χ1) is 10.1. The Balaban J connectivity index is 2.17. The Hall–Kier alpha value is -1.55. The molecule has 1 unspecified atom stereocenters. The van der Waals surface area contributed by atoms with Gasteiger partial charge in [0, 0.05) is 15.6 Å². The quantitative estimate of drug-likeness (QED) is 0.774. The summed E-state index contributed by atoms with van der Waals surface area (Å²) in [5.41, 5.74) is 2.62. The van der Waals surface area contributed by atoms with Gasteiger partial charge in [-0.25, -0.2) is 4.98 Å². The van der Waals surface area contributed by atoms with Gasteiger partial charge in [0.2, 0.25) is 0 Å².